The van der Waals surface area contributed by atoms with Crippen molar-refractivity contribution in [2.45, 2.75) is 12.8 Å². The Balaban J connectivity index is 1.86. The zero-order chi connectivity index (χ0) is 17.6. The van der Waals surface area contributed by atoms with Gasteiger partial charge in [-0.3, -0.25) is 20.3 Å². The number of benzene rings is 2. The van der Waals surface area contributed by atoms with Crippen LogP contribution in [0.1, 0.15) is 5.56 Å². The van der Waals surface area contributed by atoms with Crippen molar-refractivity contribution in [3.8, 4) is 0 Å². The third-order valence-electron chi connectivity index (χ3n) is 3.65. The topological polar surface area (TPSA) is 100 Å². The van der Waals surface area contributed by atoms with Gasteiger partial charge in [0.15, 0.2) is 6.29 Å². The fourth-order valence-corrected chi connectivity index (χ4v) is 2.47. The molecule has 1 aliphatic rings. The molecule has 0 spiro atoms. The van der Waals surface area contributed by atoms with E-state index in [1.165, 1.54) is 17.2 Å². The van der Waals surface area contributed by atoms with Crippen molar-refractivity contribution in [3.63, 3.8) is 0 Å². The lowest BCUT2D eigenvalue weighted by molar-refractivity contribution is -0.385. The first-order valence-corrected chi connectivity index (χ1v) is 7.81. The maximum Gasteiger partial charge on any atom is 0.270 e. The van der Waals surface area contributed by atoms with Crippen LogP contribution in [0.25, 0.3) is 6.20 Å². The Hall–Kier alpha value is -2.81. The van der Waals surface area contributed by atoms with Crippen molar-refractivity contribution in [2.75, 3.05) is 13.2 Å². The first-order valence-electron chi connectivity index (χ1n) is 7.81. The van der Waals surface area contributed by atoms with E-state index in [4.69, 9.17) is 9.94 Å². The van der Waals surface area contributed by atoms with Crippen LogP contribution in [-0.2, 0) is 11.4 Å². The molecule has 25 heavy (non-hydrogen) atoms. The van der Waals surface area contributed by atoms with Crippen LogP contribution < -0.4 is 15.9 Å². The van der Waals surface area contributed by atoms with Crippen LogP contribution in [0.5, 0.6) is 0 Å². The number of non-ortho nitro benzene ring substituents is 1. The van der Waals surface area contributed by atoms with Gasteiger partial charge >= 0.3 is 0 Å². The van der Waals surface area contributed by atoms with Crippen LogP contribution in [-0.4, -0.2) is 34.6 Å². The largest absolute Gasteiger partial charge is 0.394 e. The lowest BCUT2D eigenvalue weighted by Crippen LogP contribution is -2.48. The average molecular weight is 342 g/mol. The van der Waals surface area contributed by atoms with Crippen molar-refractivity contribution in [1.82, 2.24) is 10.4 Å². The Morgan fingerprint density at radius 3 is 2.80 bits per heavy atom. The van der Waals surface area contributed by atoms with Crippen molar-refractivity contribution >= 4 is 11.9 Å². The SMILES string of the molecule is O=[N+]([O-])c1ccc2c(c1)=CN(OCCO)C(NCc1ccccc1)N=2. The van der Waals surface area contributed by atoms with Gasteiger partial charge in [0.1, 0.15) is 0 Å². The second-order valence-corrected chi connectivity index (χ2v) is 5.42. The van der Waals surface area contributed by atoms with Crippen molar-refractivity contribution in [2.24, 2.45) is 4.99 Å². The summed E-state index contributed by atoms with van der Waals surface area (Å²) in [6.07, 6.45) is 1.15. The molecule has 0 aliphatic carbocycles. The number of nitro benzene ring substituents is 1. The quantitative estimate of drug-likeness (QED) is 0.553. The number of hydrogen-bond donors (Lipinski definition) is 2. The van der Waals surface area contributed by atoms with E-state index in [0.29, 0.717) is 17.1 Å². The molecule has 0 saturated heterocycles. The van der Waals surface area contributed by atoms with Gasteiger partial charge in [-0.05, 0) is 11.6 Å². The summed E-state index contributed by atoms with van der Waals surface area (Å²) in [7, 11) is 0. The Morgan fingerprint density at radius 1 is 1.28 bits per heavy atom. The molecule has 0 amide bonds. The molecule has 0 fully saturated rings. The molecule has 2 N–H and O–H groups in total. The second kappa shape index (κ2) is 7.84. The van der Waals surface area contributed by atoms with E-state index in [1.54, 1.807) is 12.3 Å². The lowest BCUT2D eigenvalue weighted by atomic mass is 10.2. The van der Waals surface area contributed by atoms with Crippen LogP contribution >= 0.6 is 0 Å². The minimum atomic E-state index is -0.499. The first-order chi connectivity index (χ1) is 12.2. The van der Waals surface area contributed by atoms with Crippen LogP contribution in [0.3, 0.4) is 0 Å². The standard InChI is InChI=1S/C17H18N4O4/c22-8-9-25-20-12-14-10-15(21(23)24)6-7-16(14)19-17(20)18-11-13-4-2-1-3-5-13/h1-7,10,12,17-18,22H,8-9,11H2. The molecule has 2 aromatic carbocycles. The number of aliphatic hydroxyl groups is 1. The Labute approximate surface area is 143 Å². The highest BCUT2D eigenvalue weighted by Crippen LogP contribution is 2.08. The average Bonchev–Trinajstić information content (AvgIpc) is 2.64. The molecule has 1 heterocycles. The van der Waals surface area contributed by atoms with Gasteiger partial charge < -0.3 is 5.11 Å². The fraction of sp³-hybridized carbons (Fsp3) is 0.235. The molecular formula is C17H18N4O4. The smallest absolute Gasteiger partial charge is 0.270 e. The fourth-order valence-electron chi connectivity index (χ4n) is 2.47. The summed E-state index contributed by atoms with van der Waals surface area (Å²) >= 11 is 0. The molecule has 2 aromatic rings. The third-order valence-corrected chi connectivity index (χ3v) is 3.65. The monoisotopic (exact) mass is 342 g/mol. The summed E-state index contributed by atoms with van der Waals surface area (Å²) in [4.78, 5) is 20.5. The van der Waals surface area contributed by atoms with Crippen LogP contribution in [0, 0.1) is 10.1 Å². The van der Waals surface area contributed by atoms with E-state index in [9.17, 15) is 10.1 Å². The van der Waals surface area contributed by atoms with Crippen molar-refractivity contribution in [1.29, 1.82) is 0 Å². The van der Waals surface area contributed by atoms with Crippen molar-refractivity contribution in [3.05, 3.63) is 74.8 Å². The lowest BCUT2D eigenvalue weighted by Gasteiger charge is -2.29. The Bertz CT molecular complexity index is 857. The number of fused-ring (bicyclic) bond motifs is 1. The molecule has 1 atom stereocenters. The van der Waals surface area contributed by atoms with Gasteiger partial charge in [0.2, 0.25) is 0 Å². The molecule has 1 aliphatic heterocycles. The summed E-state index contributed by atoms with van der Waals surface area (Å²) in [5.74, 6) is 0. The second-order valence-electron chi connectivity index (χ2n) is 5.42. The number of nitro groups is 1. The minimum absolute atomic E-state index is 0.0111. The predicted octanol–water partition coefficient (Wildman–Crippen LogP) is 0.265. The zero-order valence-electron chi connectivity index (χ0n) is 13.4. The predicted molar refractivity (Wildman–Crippen MR) is 90.3 cm³/mol. The molecule has 0 radical (unpaired) electrons. The van der Waals surface area contributed by atoms with Gasteiger partial charge in [0.25, 0.3) is 5.69 Å². The molecule has 0 saturated carbocycles. The number of hydroxylamine groups is 2. The number of hydrogen-bond acceptors (Lipinski definition) is 7. The Morgan fingerprint density at radius 2 is 2.08 bits per heavy atom. The summed E-state index contributed by atoms with van der Waals surface area (Å²) in [6, 6.07) is 14.3. The molecule has 8 nitrogen and oxygen atoms in total. The van der Waals surface area contributed by atoms with E-state index < -0.39 is 11.2 Å². The normalized spacial score (nSPS) is 15.9. The number of aliphatic hydroxyl groups excluding tert-OH is 1. The van der Waals surface area contributed by atoms with E-state index in [2.05, 4.69) is 10.3 Å². The maximum atomic E-state index is 10.9. The minimum Gasteiger partial charge on any atom is -0.394 e. The first kappa shape index (κ1) is 17.0. The van der Waals surface area contributed by atoms with E-state index in [1.807, 2.05) is 30.3 Å². The van der Waals surface area contributed by atoms with Gasteiger partial charge in [-0.15, -0.1) is 0 Å². The van der Waals surface area contributed by atoms with Crippen LogP contribution in [0.2, 0.25) is 0 Å². The van der Waals surface area contributed by atoms with Crippen LogP contribution in [0.4, 0.5) is 5.69 Å². The summed E-state index contributed by atoms with van der Waals surface area (Å²) in [5, 5.41) is 25.9. The van der Waals surface area contributed by atoms with E-state index in [0.717, 1.165) is 5.56 Å². The van der Waals surface area contributed by atoms with Crippen LogP contribution in [0.15, 0.2) is 53.5 Å². The molecule has 8 heteroatoms. The Kier molecular flexibility index (Phi) is 5.34. The maximum absolute atomic E-state index is 10.9. The van der Waals surface area contributed by atoms with E-state index >= 15 is 0 Å². The molecule has 3 rings (SSSR count). The number of rotatable bonds is 7. The summed E-state index contributed by atoms with van der Waals surface area (Å²) in [5.41, 5.74) is 1.08. The molecule has 0 bridgehead atoms. The molecule has 1 unspecified atom stereocenters. The highest BCUT2D eigenvalue weighted by molar-refractivity contribution is 5.35. The zero-order valence-corrected chi connectivity index (χ0v) is 13.4. The van der Waals surface area contributed by atoms with Gasteiger partial charge in [-0.2, -0.15) is 0 Å². The highest BCUT2D eigenvalue weighted by Gasteiger charge is 2.19. The molecule has 0 aromatic heterocycles. The van der Waals surface area contributed by atoms with E-state index in [-0.39, 0.29) is 18.9 Å². The van der Waals surface area contributed by atoms with Crippen molar-refractivity contribution < 1.29 is 14.9 Å². The molecular weight excluding hydrogens is 324 g/mol. The van der Waals surface area contributed by atoms with Gasteiger partial charge in [0.05, 0.1) is 23.5 Å². The van der Waals surface area contributed by atoms with Gasteiger partial charge in [-0.1, -0.05) is 30.3 Å². The summed E-state index contributed by atoms with van der Waals surface area (Å²) < 4.78 is 0. The van der Waals surface area contributed by atoms with Gasteiger partial charge in [0, 0.05) is 30.1 Å². The summed E-state index contributed by atoms with van der Waals surface area (Å²) in [6.45, 7) is 0.529. The molecule has 130 valence electrons. The number of nitrogens with zero attached hydrogens (tertiary/aromatic N) is 3. The highest BCUT2D eigenvalue weighted by atomic mass is 16.7. The number of nitrogens with one attached hydrogen (secondary N) is 1. The van der Waals surface area contributed by atoms with Gasteiger partial charge in [-0.25, -0.2) is 10.1 Å². The third kappa shape index (κ3) is 4.18.